The number of halogens is 2. The van der Waals surface area contributed by atoms with E-state index in [0.29, 0.717) is 5.28 Å². The summed E-state index contributed by atoms with van der Waals surface area (Å²) in [6.07, 6.45) is 3.50. The normalized spacial score (nSPS) is 10.3. The van der Waals surface area contributed by atoms with Crippen molar-refractivity contribution in [1.82, 2.24) is 9.55 Å². The molecule has 0 aliphatic carbocycles. The zero-order chi connectivity index (χ0) is 9.26. The summed E-state index contributed by atoms with van der Waals surface area (Å²) in [5.74, 6) is 0. The molecule has 0 fully saturated rings. The minimum atomic E-state index is 0.474. The van der Waals surface area contributed by atoms with Gasteiger partial charge in [-0.2, -0.15) is 0 Å². The molecule has 4 heteroatoms. The Morgan fingerprint density at radius 2 is 1.92 bits per heavy atom. The van der Waals surface area contributed by atoms with Crippen molar-refractivity contribution in [3.8, 4) is 5.69 Å². The first-order valence-corrected chi connectivity index (χ1v) is 4.89. The average molecular weight is 258 g/mol. The van der Waals surface area contributed by atoms with Crippen LogP contribution in [-0.4, -0.2) is 9.55 Å². The van der Waals surface area contributed by atoms with E-state index in [1.165, 1.54) is 0 Å². The van der Waals surface area contributed by atoms with Gasteiger partial charge in [0, 0.05) is 22.6 Å². The van der Waals surface area contributed by atoms with Crippen LogP contribution in [0, 0.1) is 0 Å². The second-order valence-corrected chi connectivity index (χ2v) is 3.80. The van der Waals surface area contributed by atoms with E-state index in [-0.39, 0.29) is 0 Å². The molecule has 0 amide bonds. The van der Waals surface area contributed by atoms with Crippen LogP contribution in [0.5, 0.6) is 0 Å². The van der Waals surface area contributed by atoms with E-state index in [0.717, 1.165) is 10.2 Å². The van der Waals surface area contributed by atoms with Crippen LogP contribution in [0.4, 0.5) is 0 Å². The van der Waals surface area contributed by atoms with E-state index >= 15 is 0 Å². The van der Waals surface area contributed by atoms with Crippen molar-refractivity contribution in [1.29, 1.82) is 0 Å². The molecule has 0 spiro atoms. The van der Waals surface area contributed by atoms with Gasteiger partial charge in [-0.25, -0.2) is 4.98 Å². The van der Waals surface area contributed by atoms with E-state index < -0.39 is 0 Å². The summed E-state index contributed by atoms with van der Waals surface area (Å²) in [6, 6.07) is 7.87. The molecule has 0 atom stereocenters. The van der Waals surface area contributed by atoms with Crippen molar-refractivity contribution < 1.29 is 0 Å². The Kier molecular flexibility index (Phi) is 2.38. The lowest BCUT2D eigenvalue weighted by Gasteiger charge is -2.02. The van der Waals surface area contributed by atoms with E-state index in [4.69, 9.17) is 11.6 Å². The Morgan fingerprint density at radius 3 is 2.46 bits per heavy atom. The van der Waals surface area contributed by atoms with Crippen LogP contribution in [0.1, 0.15) is 0 Å². The van der Waals surface area contributed by atoms with Gasteiger partial charge in [0.15, 0.2) is 0 Å². The van der Waals surface area contributed by atoms with Crippen LogP contribution in [0.3, 0.4) is 0 Å². The van der Waals surface area contributed by atoms with Gasteiger partial charge in [-0.05, 0) is 35.9 Å². The summed E-state index contributed by atoms with van der Waals surface area (Å²) in [5.41, 5.74) is 1.01. The van der Waals surface area contributed by atoms with Crippen LogP contribution >= 0.6 is 27.5 Å². The molecule has 2 nitrogen and oxygen atoms in total. The fraction of sp³-hybridized carbons (Fsp3) is 0. The van der Waals surface area contributed by atoms with Crippen LogP contribution < -0.4 is 0 Å². The van der Waals surface area contributed by atoms with Crippen LogP contribution in [-0.2, 0) is 0 Å². The van der Waals surface area contributed by atoms with Crippen molar-refractivity contribution >= 4 is 27.5 Å². The predicted molar refractivity (Wildman–Crippen MR) is 56.3 cm³/mol. The quantitative estimate of drug-likeness (QED) is 0.766. The smallest absolute Gasteiger partial charge is 0.207 e. The van der Waals surface area contributed by atoms with Crippen LogP contribution in [0.25, 0.3) is 5.69 Å². The number of imidazole rings is 1. The van der Waals surface area contributed by atoms with Gasteiger partial charge in [0.1, 0.15) is 0 Å². The average Bonchev–Trinajstić information content (AvgIpc) is 2.53. The zero-order valence-corrected chi connectivity index (χ0v) is 8.96. The SMILES string of the molecule is Clc1nccn1-c1ccc(Br)cc1. The molecule has 66 valence electrons. The maximum atomic E-state index is 5.85. The highest BCUT2D eigenvalue weighted by molar-refractivity contribution is 9.10. The molecule has 2 aromatic rings. The van der Waals surface area contributed by atoms with Crippen LogP contribution in [0.15, 0.2) is 41.1 Å². The molecular formula is C9H6BrClN2. The number of hydrogen-bond acceptors (Lipinski definition) is 1. The Labute approximate surface area is 89.3 Å². The number of hydrogen-bond donors (Lipinski definition) is 0. The first-order valence-electron chi connectivity index (χ1n) is 3.72. The fourth-order valence-electron chi connectivity index (χ4n) is 1.08. The molecule has 0 aliphatic heterocycles. The lowest BCUT2D eigenvalue weighted by molar-refractivity contribution is 1.06. The van der Waals surface area contributed by atoms with Gasteiger partial charge < -0.3 is 0 Å². The lowest BCUT2D eigenvalue weighted by atomic mass is 10.3. The third-order valence-electron chi connectivity index (χ3n) is 1.70. The molecule has 0 unspecified atom stereocenters. The standard InChI is InChI=1S/C9H6BrClN2/c10-7-1-3-8(4-2-7)13-6-5-12-9(13)11/h1-6H. The summed E-state index contributed by atoms with van der Waals surface area (Å²) in [6.45, 7) is 0. The molecule has 0 N–H and O–H groups in total. The molecule has 0 radical (unpaired) electrons. The van der Waals surface area contributed by atoms with Crippen LogP contribution in [0.2, 0.25) is 5.28 Å². The van der Waals surface area contributed by atoms with Crippen molar-refractivity contribution in [2.24, 2.45) is 0 Å². The number of rotatable bonds is 1. The first kappa shape index (κ1) is 8.78. The Bertz CT molecular complexity index is 408. The van der Waals surface area contributed by atoms with E-state index in [9.17, 15) is 0 Å². The van der Waals surface area contributed by atoms with Gasteiger partial charge in [-0.3, -0.25) is 4.57 Å². The van der Waals surface area contributed by atoms with E-state index in [1.807, 2.05) is 35.0 Å². The fourth-order valence-corrected chi connectivity index (χ4v) is 1.55. The topological polar surface area (TPSA) is 17.8 Å². The van der Waals surface area contributed by atoms with Crippen molar-refractivity contribution in [3.63, 3.8) is 0 Å². The second kappa shape index (κ2) is 3.52. The van der Waals surface area contributed by atoms with Crippen molar-refractivity contribution in [3.05, 3.63) is 46.4 Å². The summed E-state index contributed by atoms with van der Waals surface area (Å²) < 4.78 is 2.86. The Hall–Kier alpha value is -0.800. The molecule has 1 aromatic heterocycles. The van der Waals surface area contributed by atoms with Crippen molar-refractivity contribution in [2.45, 2.75) is 0 Å². The molecule has 0 saturated heterocycles. The molecule has 0 aliphatic rings. The minimum absolute atomic E-state index is 0.474. The van der Waals surface area contributed by atoms with E-state index in [1.54, 1.807) is 6.20 Å². The predicted octanol–water partition coefficient (Wildman–Crippen LogP) is 3.29. The zero-order valence-electron chi connectivity index (χ0n) is 6.61. The third kappa shape index (κ3) is 1.76. The highest BCUT2D eigenvalue weighted by Gasteiger charge is 2.00. The molecule has 0 bridgehead atoms. The van der Waals surface area contributed by atoms with Gasteiger partial charge in [0.25, 0.3) is 0 Å². The molecule has 0 saturated carbocycles. The van der Waals surface area contributed by atoms with Gasteiger partial charge in [-0.1, -0.05) is 15.9 Å². The van der Waals surface area contributed by atoms with Crippen molar-refractivity contribution in [2.75, 3.05) is 0 Å². The highest BCUT2D eigenvalue weighted by Crippen LogP contribution is 2.17. The molecule has 1 heterocycles. The summed E-state index contributed by atoms with van der Waals surface area (Å²) in [4.78, 5) is 3.93. The number of aromatic nitrogens is 2. The largest absolute Gasteiger partial charge is 0.291 e. The van der Waals surface area contributed by atoms with Gasteiger partial charge in [0.2, 0.25) is 5.28 Å². The lowest BCUT2D eigenvalue weighted by Crippen LogP contribution is -1.90. The minimum Gasteiger partial charge on any atom is -0.291 e. The Balaban J connectivity index is 2.47. The number of benzene rings is 1. The van der Waals surface area contributed by atoms with Gasteiger partial charge >= 0.3 is 0 Å². The summed E-state index contributed by atoms with van der Waals surface area (Å²) in [5, 5.41) is 0.474. The summed E-state index contributed by atoms with van der Waals surface area (Å²) in [7, 11) is 0. The summed E-state index contributed by atoms with van der Waals surface area (Å²) >= 11 is 9.22. The molecule has 1 aromatic carbocycles. The maximum Gasteiger partial charge on any atom is 0.207 e. The number of nitrogens with zero attached hydrogens (tertiary/aromatic N) is 2. The first-order chi connectivity index (χ1) is 6.27. The highest BCUT2D eigenvalue weighted by atomic mass is 79.9. The maximum absolute atomic E-state index is 5.85. The monoisotopic (exact) mass is 256 g/mol. The molecular weight excluding hydrogens is 251 g/mol. The molecule has 2 rings (SSSR count). The second-order valence-electron chi connectivity index (χ2n) is 2.54. The van der Waals surface area contributed by atoms with E-state index in [2.05, 4.69) is 20.9 Å². The molecule has 13 heavy (non-hydrogen) atoms. The van der Waals surface area contributed by atoms with Gasteiger partial charge in [0.05, 0.1) is 0 Å². The Morgan fingerprint density at radius 1 is 1.23 bits per heavy atom. The van der Waals surface area contributed by atoms with Gasteiger partial charge in [-0.15, -0.1) is 0 Å². The third-order valence-corrected chi connectivity index (χ3v) is 2.51.